The molecule has 0 unspecified atom stereocenters. The van der Waals surface area contributed by atoms with Crippen LogP contribution < -0.4 is 15.8 Å². The van der Waals surface area contributed by atoms with Crippen LogP contribution in [0.15, 0.2) is 12.3 Å². The molecule has 21 heavy (non-hydrogen) atoms. The lowest BCUT2D eigenvalue weighted by Crippen LogP contribution is -2.49. The Kier molecular flexibility index (Phi) is 6.95. The average molecular weight is 290 g/mol. The van der Waals surface area contributed by atoms with E-state index >= 15 is 0 Å². The summed E-state index contributed by atoms with van der Waals surface area (Å²) in [5.41, 5.74) is 2.76. The molecule has 1 heterocycles. The number of hydrogen-bond acceptors (Lipinski definition) is 5. The van der Waals surface area contributed by atoms with E-state index in [4.69, 9.17) is 5.26 Å². The molecule has 1 aromatic rings. The third-order valence-corrected chi connectivity index (χ3v) is 2.62. The molecular formula is C14H22N6O. The number of carbonyl (C=O) groups excluding carboxylic acids is 1. The summed E-state index contributed by atoms with van der Waals surface area (Å²) in [5, 5.41) is 13.3. The van der Waals surface area contributed by atoms with Crippen molar-refractivity contribution < 1.29 is 4.79 Å². The molecule has 2 amide bonds. The van der Waals surface area contributed by atoms with Crippen molar-refractivity contribution in [2.45, 2.75) is 33.6 Å². The lowest BCUT2D eigenvalue weighted by molar-refractivity contribution is 0.239. The Hall–Kier alpha value is -2.36. The van der Waals surface area contributed by atoms with Crippen molar-refractivity contribution in [3.63, 3.8) is 0 Å². The first-order valence-electron chi connectivity index (χ1n) is 7.12. The second-order valence-electron chi connectivity index (χ2n) is 5.08. The second-order valence-corrected chi connectivity index (χ2v) is 5.08. The minimum absolute atomic E-state index is 0.0782. The number of rotatable bonds is 7. The van der Waals surface area contributed by atoms with Gasteiger partial charge in [-0.15, -0.1) is 0 Å². The van der Waals surface area contributed by atoms with Gasteiger partial charge in [-0.2, -0.15) is 10.2 Å². The minimum Gasteiger partial charge on any atom is -0.337 e. The van der Waals surface area contributed by atoms with Crippen molar-refractivity contribution in [2.24, 2.45) is 5.92 Å². The third-order valence-electron chi connectivity index (χ3n) is 2.62. The predicted octanol–water partition coefficient (Wildman–Crippen LogP) is 1.82. The number of urea groups is 1. The van der Waals surface area contributed by atoms with E-state index in [1.54, 1.807) is 11.1 Å². The number of nitriles is 1. The van der Waals surface area contributed by atoms with Crippen LogP contribution in [0.3, 0.4) is 0 Å². The standard InChI is InChI=1S/C14H22N6O/c1-4-5-7-17-14(21)19-20(10-11(2)3)13-6-8-16-12(9-15)18-13/h6,8,11H,4-5,7,10H2,1-3H3,(H2,17,19,21). The number of carbonyl (C=O) groups is 1. The Morgan fingerprint density at radius 1 is 1.52 bits per heavy atom. The molecular weight excluding hydrogens is 268 g/mol. The van der Waals surface area contributed by atoms with Crippen molar-refractivity contribution in [2.75, 3.05) is 18.1 Å². The van der Waals surface area contributed by atoms with Crippen LogP contribution >= 0.6 is 0 Å². The third kappa shape index (κ3) is 6.08. The zero-order chi connectivity index (χ0) is 15.7. The SMILES string of the molecule is CCCCNC(=O)NN(CC(C)C)c1ccnc(C#N)n1. The van der Waals surface area contributed by atoms with Crippen LogP contribution in [0.4, 0.5) is 10.6 Å². The van der Waals surface area contributed by atoms with Gasteiger partial charge in [0, 0.05) is 25.4 Å². The molecule has 7 heteroatoms. The summed E-state index contributed by atoms with van der Waals surface area (Å²) in [4.78, 5) is 19.8. The Morgan fingerprint density at radius 2 is 2.29 bits per heavy atom. The smallest absolute Gasteiger partial charge is 0.333 e. The molecule has 0 spiro atoms. The lowest BCUT2D eigenvalue weighted by atomic mass is 10.2. The van der Waals surface area contributed by atoms with Gasteiger partial charge in [-0.25, -0.2) is 15.2 Å². The molecule has 114 valence electrons. The Balaban J connectivity index is 2.75. The van der Waals surface area contributed by atoms with Crippen LogP contribution in [0.2, 0.25) is 0 Å². The highest BCUT2D eigenvalue weighted by molar-refractivity contribution is 5.75. The molecule has 0 bridgehead atoms. The van der Waals surface area contributed by atoms with E-state index in [1.807, 2.05) is 19.9 Å². The molecule has 2 N–H and O–H groups in total. The predicted molar refractivity (Wildman–Crippen MR) is 80.4 cm³/mol. The highest BCUT2D eigenvalue weighted by Gasteiger charge is 2.13. The van der Waals surface area contributed by atoms with Crippen molar-refractivity contribution in [1.82, 2.24) is 20.7 Å². The molecule has 0 saturated heterocycles. The first kappa shape index (κ1) is 16.7. The number of aromatic nitrogens is 2. The van der Waals surface area contributed by atoms with Crippen LogP contribution in [0.25, 0.3) is 0 Å². The zero-order valence-electron chi connectivity index (χ0n) is 12.8. The van der Waals surface area contributed by atoms with Gasteiger partial charge in [0.25, 0.3) is 0 Å². The van der Waals surface area contributed by atoms with Crippen molar-refractivity contribution >= 4 is 11.8 Å². The van der Waals surface area contributed by atoms with Gasteiger partial charge in [0.05, 0.1) is 0 Å². The molecule has 0 fully saturated rings. The number of anilines is 1. The van der Waals surface area contributed by atoms with Gasteiger partial charge in [0.15, 0.2) is 5.82 Å². The van der Waals surface area contributed by atoms with Gasteiger partial charge in [-0.1, -0.05) is 27.2 Å². The molecule has 0 aliphatic heterocycles. The van der Waals surface area contributed by atoms with Gasteiger partial charge in [0.2, 0.25) is 5.82 Å². The highest BCUT2D eigenvalue weighted by Crippen LogP contribution is 2.09. The first-order valence-corrected chi connectivity index (χ1v) is 7.12. The van der Waals surface area contributed by atoms with Crippen LogP contribution in [-0.2, 0) is 0 Å². The summed E-state index contributed by atoms with van der Waals surface area (Å²) >= 11 is 0. The van der Waals surface area contributed by atoms with Crippen molar-refractivity contribution in [3.8, 4) is 6.07 Å². The van der Waals surface area contributed by atoms with E-state index in [0.717, 1.165) is 12.8 Å². The zero-order valence-corrected chi connectivity index (χ0v) is 12.8. The molecule has 1 rings (SSSR count). The Labute approximate surface area is 125 Å². The first-order chi connectivity index (χ1) is 10.1. The maximum Gasteiger partial charge on any atom is 0.333 e. The summed E-state index contributed by atoms with van der Waals surface area (Å²) in [6.45, 7) is 7.36. The van der Waals surface area contributed by atoms with Gasteiger partial charge in [-0.05, 0) is 12.3 Å². The number of hydrazine groups is 1. The maximum atomic E-state index is 11.9. The number of amides is 2. The van der Waals surface area contributed by atoms with Gasteiger partial charge >= 0.3 is 6.03 Å². The summed E-state index contributed by atoms with van der Waals surface area (Å²) in [7, 11) is 0. The van der Waals surface area contributed by atoms with E-state index < -0.39 is 0 Å². The largest absolute Gasteiger partial charge is 0.337 e. The van der Waals surface area contributed by atoms with Crippen LogP contribution in [0, 0.1) is 17.2 Å². The summed E-state index contributed by atoms with van der Waals surface area (Å²) in [6, 6.07) is 3.28. The minimum atomic E-state index is -0.277. The monoisotopic (exact) mass is 290 g/mol. The van der Waals surface area contributed by atoms with Crippen LogP contribution in [-0.4, -0.2) is 29.1 Å². The van der Waals surface area contributed by atoms with E-state index in [9.17, 15) is 4.79 Å². The van der Waals surface area contributed by atoms with Gasteiger partial charge in [-0.3, -0.25) is 5.01 Å². The molecule has 1 aromatic heterocycles. The van der Waals surface area contributed by atoms with E-state index in [0.29, 0.717) is 24.8 Å². The number of nitrogens with zero attached hydrogens (tertiary/aromatic N) is 4. The number of unbranched alkanes of at least 4 members (excludes halogenated alkanes) is 1. The normalized spacial score (nSPS) is 10.0. The maximum absolute atomic E-state index is 11.9. The van der Waals surface area contributed by atoms with Crippen LogP contribution in [0.1, 0.15) is 39.4 Å². The fourth-order valence-electron chi connectivity index (χ4n) is 1.66. The van der Waals surface area contributed by atoms with Gasteiger partial charge < -0.3 is 5.32 Å². The topological polar surface area (TPSA) is 93.9 Å². The fraction of sp³-hybridized carbons (Fsp3) is 0.571. The van der Waals surface area contributed by atoms with Crippen molar-refractivity contribution in [1.29, 1.82) is 5.26 Å². The molecule has 0 aromatic carbocycles. The van der Waals surface area contributed by atoms with Crippen LogP contribution in [0.5, 0.6) is 0 Å². The van der Waals surface area contributed by atoms with Crippen molar-refractivity contribution in [3.05, 3.63) is 18.1 Å². The Morgan fingerprint density at radius 3 is 2.90 bits per heavy atom. The summed E-state index contributed by atoms with van der Waals surface area (Å²) < 4.78 is 0. The van der Waals surface area contributed by atoms with Gasteiger partial charge in [0.1, 0.15) is 6.07 Å². The summed E-state index contributed by atoms with van der Waals surface area (Å²) in [6.07, 6.45) is 3.46. The average Bonchev–Trinajstić information content (AvgIpc) is 2.46. The fourth-order valence-corrected chi connectivity index (χ4v) is 1.66. The molecule has 0 radical (unpaired) electrons. The lowest BCUT2D eigenvalue weighted by Gasteiger charge is -2.26. The van der Waals surface area contributed by atoms with E-state index in [1.165, 1.54) is 6.20 Å². The van der Waals surface area contributed by atoms with E-state index in [2.05, 4.69) is 27.6 Å². The summed E-state index contributed by atoms with van der Waals surface area (Å²) in [5.74, 6) is 0.900. The number of nitrogens with one attached hydrogen (secondary N) is 2. The molecule has 0 aliphatic rings. The Bertz CT molecular complexity index is 496. The molecule has 0 atom stereocenters. The number of hydrogen-bond donors (Lipinski definition) is 2. The second kappa shape index (κ2) is 8.74. The molecule has 7 nitrogen and oxygen atoms in total. The molecule has 0 saturated carbocycles. The molecule has 0 aliphatic carbocycles. The highest BCUT2D eigenvalue weighted by atomic mass is 16.2. The van der Waals surface area contributed by atoms with E-state index in [-0.39, 0.29) is 11.9 Å². The quantitative estimate of drug-likeness (QED) is 0.590.